The van der Waals surface area contributed by atoms with Crippen molar-refractivity contribution in [1.29, 1.82) is 0 Å². The minimum Gasteiger partial charge on any atom is -0.478 e. The molecule has 1 aromatic carbocycles. The Morgan fingerprint density at radius 2 is 2.14 bits per heavy atom. The van der Waals surface area contributed by atoms with E-state index < -0.39 is 17.3 Å². The number of rotatable bonds is 2. The summed E-state index contributed by atoms with van der Waals surface area (Å²) in [4.78, 5) is 10.5. The van der Waals surface area contributed by atoms with Gasteiger partial charge in [0.2, 0.25) is 0 Å². The van der Waals surface area contributed by atoms with Gasteiger partial charge in [-0.2, -0.15) is 0 Å². The van der Waals surface area contributed by atoms with Gasteiger partial charge in [-0.1, -0.05) is 6.07 Å². The van der Waals surface area contributed by atoms with Crippen LogP contribution in [0.2, 0.25) is 0 Å². The standard InChI is InChI=1S/C10H10FNO2/c11-8-5-6(10(12)3-4-10)1-2-7(8)9(13)14/h1-2,5H,3-4,12H2,(H,13,14). The molecule has 0 aliphatic heterocycles. The Morgan fingerprint density at radius 3 is 2.57 bits per heavy atom. The average molecular weight is 195 g/mol. The number of hydrogen-bond acceptors (Lipinski definition) is 2. The molecular formula is C10H10FNO2. The molecule has 3 N–H and O–H groups in total. The van der Waals surface area contributed by atoms with Crippen molar-refractivity contribution in [1.82, 2.24) is 0 Å². The SMILES string of the molecule is NC1(c2ccc(C(=O)O)c(F)c2)CC1. The van der Waals surface area contributed by atoms with E-state index in [9.17, 15) is 9.18 Å². The smallest absolute Gasteiger partial charge is 0.338 e. The highest BCUT2D eigenvalue weighted by molar-refractivity contribution is 5.87. The molecule has 0 aromatic heterocycles. The summed E-state index contributed by atoms with van der Waals surface area (Å²) in [6.45, 7) is 0. The summed E-state index contributed by atoms with van der Waals surface area (Å²) in [6.07, 6.45) is 1.66. The Morgan fingerprint density at radius 1 is 1.50 bits per heavy atom. The molecule has 0 amide bonds. The maximum absolute atomic E-state index is 13.2. The highest BCUT2D eigenvalue weighted by Gasteiger charge is 2.40. The molecule has 0 bridgehead atoms. The predicted octanol–water partition coefficient (Wildman–Crippen LogP) is 1.47. The van der Waals surface area contributed by atoms with Crippen LogP contribution in [0, 0.1) is 5.82 Å². The number of halogens is 1. The first-order valence-corrected chi connectivity index (χ1v) is 4.35. The van der Waals surface area contributed by atoms with E-state index in [4.69, 9.17) is 10.8 Å². The van der Waals surface area contributed by atoms with Crippen LogP contribution in [0.1, 0.15) is 28.8 Å². The molecule has 1 aliphatic carbocycles. The lowest BCUT2D eigenvalue weighted by Crippen LogP contribution is -2.19. The van der Waals surface area contributed by atoms with Gasteiger partial charge in [0, 0.05) is 5.54 Å². The molecule has 4 heteroatoms. The Labute approximate surface area is 80.3 Å². The normalized spacial score (nSPS) is 17.9. The first-order valence-electron chi connectivity index (χ1n) is 4.35. The lowest BCUT2D eigenvalue weighted by atomic mass is 10.0. The van der Waals surface area contributed by atoms with Gasteiger partial charge < -0.3 is 10.8 Å². The van der Waals surface area contributed by atoms with Crippen LogP contribution in [0.3, 0.4) is 0 Å². The molecule has 0 atom stereocenters. The Bertz CT molecular complexity index is 399. The summed E-state index contributed by atoms with van der Waals surface area (Å²) >= 11 is 0. The van der Waals surface area contributed by atoms with E-state index in [0.717, 1.165) is 12.8 Å². The van der Waals surface area contributed by atoms with Gasteiger partial charge in [0.05, 0.1) is 5.56 Å². The van der Waals surface area contributed by atoms with E-state index >= 15 is 0 Å². The van der Waals surface area contributed by atoms with Gasteiger partial charge in [0.1, 0.15) is 5.82 Å². The van der Waals surface area contributed by atoms with Gasteiger partial charge in [-0.25, -0.2) is 9.18 Å². The maximum atomic E-state index is 13.2. The van der Waals surface area contributed by atoms with Crippen LogP contribution in [0.25, 0.3) is 0 Å². The zero-order chi connectivity index (χ0) is 10.3. The number of carbonyl (C=O) groups is 1. The molecule has 1 aromatic rings. The lowest BCUT2D eigenvalue weighted by molar-refractivity contribution is 0.0692. The van der Waals surface area contributed by atoms with Crippen molar-refractivity contribution < 1.29 is 14.3 Å². The highest BCUT2D eigenvalue weighted by atomic mass is 19.1. The summed E-state index contributed by atoms with van der Waals surface area (Å²) in [5, 5.41) is 8.60. The monoisotopic (exact) mass is 195 g/mol. The van der Waals surface area contributed by atoms with E-state index in [-0.39, 0.29) is 5.56 Å². The third-order valence-electron chi connectivity index (χ3n) is 2.56. The molecule has 2 rings (SSSR count). The van der Waals surface area contributed by atoms with E-state index in [1.807, 2.05) is 0 Å². The lowest BCUT2D eigenvalue weighted by Gasteiger charge is -2.09. The molecule has 0 radical (unpaired) electrons. The van der Waals surface area contributed by atoms with E-state index in [2.05, 4.69) is 0 Å². The van der Waals surface area contributed by atoms with E-state index in [1.165, 1.54) is 12.1 Å². The molecule has 0 heterocycles. The molecule has 1 saturated carbocycles. The second kappa shape index (κ2) is 2.78. The quantitative estimate of drug-likeness (QED) is 0.751. The number of hydrogen-bond donors (Lipinski definition) is 2. The summed E-state index contributed by atoms with van der Waals surface area (Å²) in [7, 11) is 0. The highest BCUT2D eigenvalue weighted by Crippen LogP contribution is 2.42. The summed E-state index contributed by atoms with van der Waals surface area (Å²) in [6, 6.07) is 4.07. The number of aromatic carboxylic acids is 1. The second-order valence-corrected chi connectivity index (χ2v) is 3.66. The van der Waals surface area contributed by atoms with Crippen LogP contribution in [0.15, 0.2) is 18.2 Å². The molecule has 3 nitrogen and oxygen atoms in total. The molecule has 1 fully saturated rings. The molecule has 0 saturated heterocycles. The fraction of sp³-hybridized carbons (Fsp3) is 0.300. The molecule has 74 valence electrons. The van der Waals surface area contributed by atoms with Gasteiger partial charge in [0.25, 0.3) is 0 Å². The first kappa shape index (κ1) is 9.15. The largest absolute Gasteiger partial charge is 0.478 e. The van der Waals surface area contributed by atoms with Crippen LogP contribution < -0.4 is 5.73 Å². The topological polar surface area (TPSA) is 63.3 Å². The number of nitrogens with two attached hydrogens (primary N) is 1. The minimum absolute atomic E-state index is 0.307. The van der Waals surface area contributed by atoms with Gasteiger partial charge in [-0.05, 0) is 30.5 Å². The van der Waals surface area contributed by atoms with Crippen LogP contribution in [0.5, 0.6) is 0 Å². The van der Waals surface area contributed by atoms with Crippen molar-refractivity contribution in [3.63, 3.8) is 0 Å². The number of benzene rings is 1. The number of carboxylic acids is 1. The second-order valence-electron chi connectivity index (χ2n) is 3.66. The van der Waals surface area contributed by atoms with Crippen molar-refractivity contribution in [2.45, 2.75) is 18.4 Å². The minimum atomic E-state index is -1.25. The molecule has 0 unspecified atom stereocenters. The third-order valence-corrected chi connectivity index (χ3v) is 2.56. The van der Waals surface area contributed by atoms with Crippen molar-refractivity contribution in [2.24, 2.45) is 5.73 Å². The zero-order valence-corrected chi connectivity index (χ0v) is 7.46. The Balaban J connectivity index is 2.40. The van der Waals surface area contributed by atoms with Crippen molar-refractivity contribution in [2.75, 3.05) is 0 Å². The predicted molar refractivity (Wildman–Crippen MR) is 48.5 cm³/mol. The van der Waals surface area contributed by atoms with Gasteiger partial charge in [0.15, 0.2) is 0 Å². The first-order chi connectivity index (χ1) is 6.53. The maximum Gasteiger partial charge on any atom is 0.338 e. The van der Waals surface area contributed by atoms with E-state index in [0.29, 0.717) is 5.56 Å². The van der Waals surface area contributed by atoms with Gasteiger partial charge in [-0.15, -0.1) is 0 Å². The molecule has 14 heavy (non-hydrogen) atoms. The third kappa shape index (κ3) is 1.37. The summed E-state index contributed by atoms with van der Waals surface area (Å²) < 4.78 is 13.2. The fourth-order valence-corrected chi connectivity index (χ4v) is 1.42. The molecule has 0 spiro atoms. The van der Waals surface area contributed by atoms with Crippen molar-refractivity contribution in [3.8, 4) is 0 Å². The Kier molecular flexibility index (Phi) is 1.82. The Hall–Kier alpha value is -1.42. The van der Waals surface area contributed by atoms with Crippen LogP contribution in [0.4, 0.5) is 4.39 Å². The van der Waals surface area contributed by atoms with Gasteiger partial charge >= 0.3 is 5.97 Å². The van der Waals surface area contributed by atoms with E-state index in [1.54, 1.807) is 6.07 Å². The van der Waals surface area contributed by atoms with Crippen LogP contribution in [-0.4, -0.2) is 11.1 Å². The van der Waals surface area contributed by atoms with Crippen molar-refractivity contribution in [3.05, 3.63) is 35.1 Å². The average Bonchev–Trinajstić information content (AvgIpc) is 2.84. The van der Waals surface area contributed by atoms with Gasteiger partial charge in [-0.3, -0.25) is 0 Å². The number of carboxylic acid groups (broad SMARTS) is 1. The van der Waals surface area contributed by atoms with Crippen molar-refractivity contribution >= 4 is 5.97 Å². The summed E-state index contributed by atoms with van der Waals surface area (Å²) in [5.74, 6) is -1.97. The summed E-state index contributed by atoms with van der Waals surface area (Å²) in [5.41, 5.74) is 5.80. The van der Waals surface area contributed by atoms with Crippen LogP contribution in [-0.2, 0) is 5.54 Å². The zero-order valence-electron chi connectivity index (χ0n) is 7.46. The molecular weight excluding hydrogens is 185 g/mol. The fourth-order valence-electron chi connectivity index (χ4n) is 1.42. The molecule has 1 aliphatic rings. The van der Waals surface area contributed by atoms with Crippen LogP contribution >= 0.6 is 0 Å².